The lowest BCUT2D eigenvalue weighted by Crippen LogP contribution is -2.25. The number of alkyl halides is 1. The predicted molar refractivity (Wildman–Crippen MR) is 137 cm³/mol. The van der Waals surface area contributed by atoms with Crippen molar-refractivity contribution >= 4 is 34.6 Å². The van der Waals surface area contributed by atoms with E-state index in [2.05, 4.69) is 0 Å². The van der Waals surface area contributed by atoms with E-state index < -0.39 is 21.4 Å². The van der Waals surface area contributed by atoms with Crippen molar-refractivity contribution in [3.05, 3.63) is 73.8 Å². The molecule has 0 spiro atoms. The fraction of sp³-hybridized carbons (Fsp3) is 0.500. The molecule has 2 aliphatic rings. The van der Waals surface area contributed by atoms with Crippen LogP contribution in [0.5, 0.6) is 5.75 Å². The highest BCUT2D eigenvalue weighted by Gasteiger charge is 2.33. The molecule has 2 saturated heterocycles. The van der Waals surface area contributed by atoms with Gasteiger partial charge in [-0.25, -0.2) is 0 Å². The molecular weight excluding hydrogens is 531 g/mol. The summed E-state index contributed by atoms with van der Waals surface area (Å²) in [4.78, 5) is 19.8. The summed E-state index contributed by atoms with van der Waals surface area (Å²) in [7, 11) is 0. The van der Waals surface area contributed by atoms with Crippen LogP contribution in [-0.2, 0) is 18.9 Å². The number of nitro groups is 2. The molecule has 0 amide bonds. The molecule has 2 aliphatic heterocycles. The predicted octanol–water partition coefficient (Wildman–Crippen LogP) is 5.75. The fourth-order valence-corrected chi connectivity index (χ4v) is 3.49. The molecule has 0 unspecified atom stereocenters. The van der Waals surface area contributed by atoms with Crippen molar-refractivity contribution in [1.82, 2.24) is 0 Å². The zero-order chi connectivity index (χ0) is 27.6. The molecule has 0 aromatic heterocycles. The number of benzene rings is 2. The number of hydrogen-bond donors (Lipinski definition) is 0. The van der Waals surface area contributed by atoms with Crippen molar-refractivity contribution < 1.29 is 33.5 Å². The van der Waals surface area contributed by atoms with Crippen LogP contribution in [0.25, 0.3) is 0 Å². The molecular formula is C24H30Cl2N2O9. The topological polar surface area (TPSA) is 132 Å². The minimum absolute atomic E-state index is 0.0106. The van der Waals surface area contributed by atoms with E-state index in [4.69, 9.17) is 46.9 Å². The van der Waals surface area contributed by atoms with Crippen molar-refractivity contribution in [1.29, 1.82) is 0 Å². The highest BCUT2D eigenvalue weighted by Crippen LogP contribution is 2.25. The highest BCUT2D eigenvalue weighted by atomic mass is 35.5. The average Bonchev–Trinajstić information content (AvgIpc) is 3.38. The maximum absolute atomic E-state index is 10.6. The Kier molecular flexibility index (Phi) is 11.5. The van der Waals surface area contributed by atoms with Gasteiger partial charge in [0.05, 0.1) is 41.1 Å². The largest absolute Gasteiger partial charge is 0.491 e. The third-order valence-corrected chi connectivity index (χ3v) is 5.37. The third-order valence-electron chi connectivity index (χ3n) is 4.79. The van der Waals surface area contributed by atoms with E-state index in [9.17, 15) is 20.2 Å². The van der Waals surface area contributed by atoms with E-state index in [0.717, 1.165) is 0 Å². The van der Waals surface area contributed by atoms with Crippen LogP contribution in [0.2, 0.25) is 5.02 Å². The quantitative estimate of drug-likeness (QED) is 0.246. The molecule has 2 fully saturated rings. The van der Waals surface area contributed by atoms with Gasteiger partial charge in [-0.05, 0) is 39.8 Å². The summed E-state index contributed by atoms with van der Waals surface area (Å²) in [5.41, 5.74) is 0.0314. The number of non-ortho nitro benzene ring substituents is 2. The molecule has 13 heteroatoms. The number of nitrogens with zero attached hydrogens (tertiary/aromatic N) is 2. The van der Waals surface area contributed by atoms with Gasteiger partial charge in [0.1, 0.15) is 18.5 Å². The van der Waals surface area contributed by atoms with Gasteiger partial charge in [0.2, 0.25) is 0 Å². The lowest BCUT2D eigenvalue weighted by molar-refractivity contribution is -0.385. The minimum Gasteiger partial charge on any atom is -0.491 e. The standard InChI is InChI=1S/C12H15NO5.C6H4ClNO2.C6H11ClO2/c1-12(2)17-8-11(18-12)7-16-10-5-3-4-9(6-10)13(14)15;7-5-2-1-3-6(4-5)8(9)10;1-6(2)8-4-5(3-7)9-6/h3-6,11H,7-8H2,1-2H3;1-4H;5H,3-4H2,1-2H3/t11-;;5-/m1.1/s1. The van der Waals surface area contributed by atoms with E-state index in [1.807, 2.05) is 27.7 Å². The van der Waals surface area contributed by atoms with Crippen molar-refractivity contribution in [2.75, 3.05) is 25.7 Å². The van der Waals surface area contributed by atoms with Gasteiger partial charge >= 0.3 is 0 Å². The molecule has 2 aromatic carbocycles. The second kappa shape index (κ2) is 13.8. The van der Waals surface area contributed by atoms with Gasteiger partial charge in [0.25, 0.3) is 11.4 Å². The maximum Gasteiger partial charge on any atom is 0.273 e. The SMILES string of the molecule is CC1(C)OC[C@@H](CCl)O1.CC1(C)OC[C@@H](COc2cccc([N+](=O)[O-])c2)O1.O=[N+]([O-])c1cccc(Cl)c1. The molecule has 2 atom stereocenters. The van der Waals surface area contributed by atoms with Crippen LogP contribution in [0.4, 0.5) is 11.4 Å². The third kappa shape index (κ3) is 11.2. The van der Waals surface area contributed by atoms with Gasteiger partial charge in [-0.3, -0.25) is 20.2 Å². The monoisotopic (exact) mass is 560 g/mol. The van der Waals surface area contributed by atoms with Crippen LogP contribution in [0.3, 0.4) is 0 Å². The average molecular weight is 561 g/mol. The Balaban J connectivity index is 0.000000214. The van der Waals surface area contributed by atoms with Gasteiger partial charge in [-0.15, -0.1) is 11.6 Å². The van der Waals surface area contributed by atoms with Gasteiger partial charge in [-0.2, -0.15) is 0 Å². The molecule has 11 nitrogen and oxygen atoms in total. The van der Waals surface area contributed by atoms with Crippen LogP contribution < -0.4 is 4.74 Å². The van der Waals surface area contributed by atoms with Crippen LogP contribution in [0.15, 0.2) is 48.5 Å². The van der Waals surface area contributed by atoms with E-state index in [-0.39, 0.29) is 23.6 Å². The molecule has 0 radical (unpaired) electrons. The van der Waals surface area contributed by atoms with E-state index in [1.165, 1.54) is 24.3 Å². The first-order chi connectivity index (χ1) is 17.3. The number of hydrogen-bond acceptors (Lipinski definition) is 9. The molecule has 2 aromatic rings. The van der Waals surface area contributed by atoms with Crippen LogP contribution in [0.1, 0.15) is 27.7 Å². The Morgan fingerprint density at radius 2 is 1.41 bits per heavy atom. The Hall–Kier alpha value is -2.54. The number of halogens is 2. The lowest BCUT2D eigenvalue weighted by atomic mass is 10.3. The van der Waals surface area contributed by atoms with E-state index in [1.54, 1.807) is 24.3 Å². The van der Waals surface area contributed by atoms with Crippen molar-refractivity contribution in [3.63, 3.8) is 0 Å². The van der Waals surface area contributed by atoms with Crippen molar-refractivity contribution in [2.45, 2.75) is 51.5 Å². The summed E-state index contributed by atoms with van der Waals surface area (Å²) in [5, 5.41) is 21.1. The number of nitro benzene ring substituents is 2. The van der Waals surface area contributed by atoms with Gasteiger partial charge in [-0.1, -0.05) is 23.7 Å². The second-order valence-corrected chi connectivity index (χ2v) is 9.60. The smallest absolute Gasteiger partial charge is 0.273 e. The Morgan fingerprint density at radius 1 is 0.892 bits per heavy atom. The molecule has 0 saturated carbocycles. The first-order valence-corrected chi connectivity index (χ1v) is 12.2. The van der Waals surface area contributed by atoms with Crippen LogP contribution >= 0.6 is 23.2 Å². The summed E-state index contributed by atoms with van der Waals surface area (Å²) >= 11 is 11.0. The normalized spacial score (nSPS) is 21.1. The number of ether oxygens (including phenoxy) is 5. The fourth-order valence-electron chi connectivity index (χ4n) is 3.15. The zero-order valence-electron chi connectivity index (χ0n) is 20.9. The molecule has 0 N–H and O–H groups in total. The van der Waals surface area contributed by atoms with Gasteiger partial charge in [0, 0.05) is 23.2 Å². The first-order valence-electron chi connectivity index (χ1n) is 11.3. The molecule has 0 bridgehead atoms. The Morgan fingerprint density at radius 3 is 1.81 bits per heavy atom. The first kappa shape index (κ1) is 30.7. The summed E-state index contributed by atoms with van der Waals surface area (Å²) in [6, 6.07) is 11.9. The molecule has 2 heterocycles. The minimum atomic E-state index is -0.587. The summed E-state index contributed by atoms with van der Waals surface area (Å²) < 4.78 is 27.0. The summed E-state index contributed by atoms with van der Waals surface area (Å²) in [6.07, 6.45) is -0.0686. The van der Waals surface area contributed by atoms with E-state index in [0.29, 0.717) is 36.5 Å². The molecule has 37 heavy (non-hydrogen) atoms. The Bertz CT molecular complexity index is 1050. The Labute approximate surface area is 224 Å². The van der Waals surface area contributed by atoms with Crippen molar-refractivity contribution in [3.8, 4) is 5.75 Å². The molecule has 0 aliphatic carbocycles. The molecule has 4 rings (SSSR count). The molecule has 204 valence electrons. The summed E-state index contributed by atoms with van der Waals surface area (Å²) in [6.45, 7) is 8.84. The number of rotatable bonds is 6. The lowest BCUT2D eigenvalue weighted by Gasteiger charge is -2.17. The van der Waals surface area contributed by atoms with E-state index >= 15 is 0 Å². The van der Waals surface area contributed by atoms with Crippen molar-refractivity contribution in [2.24, 2.45) is 0 Å². The highest BCUT2D eigenvalue weighted by molar-refractivity contribution is 6.30. The second-order valence-electron chi connectivity index (χ2n) is 8.86. The van der Waals surface area contributed by atoms with Crippen LogP contribution in [-0.4, -0.2) is 59.3 Å². The van der Waals surface area contributed by atoms with Crippen LogP contribution in [0, 0.1) is 20.2 Å². The van der Waals surface area contributed by atoms with Gasteiger partial charge < -0.3 is 23.7 Å². The zero-order valence-corrected chi connectivity index (χ0v) is 22.4. The van der Waals surface area contributed by atoms with Gasteiger partial charge in [0.15, 0.2) is 11.6 Å². The summed E-state index contributed by atoms with van der Waals surface area (Å²) in [5.74, 6) is -0.0304. The maximum atomic E-state index is 10.6.